The van der Waals surface area contributed by atoms with Crippen molar-refractivity contribution >= 4 is 23.4 Å². The third kappa shape index (κ3) is 9.79. The molecule has 14 heteroatoms. The highest BCUT2D eigenvalue weighted by Gasteiger charge is 2.45. The molecule has 9 nitrogen and oxygen atoms in total. The smallest absolute Gasteiger partial charge is 0.417 e. The molecule has 242 valence electrons. The first-order valence-electron chi connectivity index (χ1n) is 13.7. The van der Waals surface area contributed by atoms with E-state index in [1.807, 2.05) is 12.2 Å². The van der Waals surface area contributed by atoms with Gasteiger partial charge in [-0.05, 0) is 66.1 Å². The number of hydrogen-bond acceptors (Lipinski definition) is 6. The minimum atomic E-state index is -4.90. The van der Waals surface area contributed by atoms with Crippen LogP contribution in [0.2, 0.25) is 0 Å². The zero-order valence-corrected chi connectivity index (χ0v) is 25.3. The Morgan fingerprint density at radius 1 is 1.26 bits per heavy atom. The SMILES string of the molecule is C#C.CC(C)N(C(=O)c1cc2c(cc1C(F)(F)F)OC(C)(C)C(=O)N2CCNC(=O)C(F)F)[C@@H]1CCCNC1.CCOC. The van der Waals surface area contributed by atoms with Crippen molar-refractivity contribution < 1.29 is 45.8 Å². The van der Waals surface area contributed by atoms with Crippen LogP contribution >= 0.6 is 0 Å². The predicted molar refractivity (Wildman–Crippen MR) is 152 cm³/mol. The fraction of sp³-hybridized carbons (Fsp3) is 0.621. The number of nitrogens with zero attached hydrogens (tertiary/aromatic N) is 2. The van der Waals surface area contributed by atoms with Crippen LogP contribution in [0.1, 0.15) is 63.4 Å². The van der Waals surface area contributed by atoms with E-state index in [1.54, 1.807) is 21.0 Å². The second kappa shape index (κ2) is 16.4. The number of fused-ring (bicyclic) bond motifs is 1. The second-order valence-electron chi connectivity index (χ2n) is 10.4. The zero-order valence-electron chi connectivity index (χ0n) is 25.3. The molecule has 1 aromatic carbocycles. The molecule has 1 atom stereocenters. The van der Waals surface area contributed by atoms with Gasteiger partial charge in [0.25, 0.3) is 17.7 Å². The Labute approximate surface area is 249 Å². The number of amides is 3. The lowest BCUT2D eigenvalue weighted by Crippen LogP contribution is -2.54. The van der Waals surface area contributed by atoms with Crippen LogP contribution in [-0.4, -0.2) is 86.6 Å². The molecule has 3 rings (SSSR count). The minimum Gasteiger partial charge on any atom is -0.476 e. The molecule has 1 saturated heterocycles. The van der Waals surface area contributed by atoms with Gasteiger partial charge in [0.15, 0.2) is 5.60 Å². The van der Waals surface area contributed by atoms with Gasteiger partial charge in [0.2, 0.25) is 0 Å². The monoisotopic (exact) mass is 620 g/mol. The molecule has 0 saturated carbocycles. The lowest BCUT2D eigenvalue weighted by atomic mass is 9.97. The van der Waals surface area contributed by atoms with Crippen LogP contribution in [0.5, 0.6) is 5.75 Å². The fourth-order valence-corrected chi connectivity index (χ4v) is 4.65. The first-order chi connectivity index (χ1) is 20.1. The van der Waals surface area contributed by atoms with Gasteiger partial charge >= 0.3 is 12.6 Å². The molecule has 2 aliphatic heterocycles. The summed E-state index contributed by atoms with van der Waals surface area (Å²) in [5, 5.41) is 5.13. The molecule has 3 amide bonds. The van der Waals surface area contributed by atoms with Crippen LogP contribution in [0.15, 0.2) is 12.1 Å². The summed E-state index contributed by atoms with van der Waals surface area (Å²) in [4.78, 5) is 40.4. The third-order valence-corrected chi connectivity index (χ3v) is 6.63. The Kier molecular flexibility index (Phi) is 14.4. The number of carbonyl (C=O) groups excluding carboxylic acids is 3. The van der Waals surface area contributed by atoms with E-state index in [2.05, 4.69) is 22.9 Å². The van der Waals surface area contributed by atoms with Crippen LogP contribution in [0.4, 0.5) is 27.6 Å². The molecule has 2 heterocycles. The highest BCUT2D eigenvalue weighted by Crippen LogP contribution is 2.44. The fourth-order valence-electron chi connectivity index (χ4n) is 4.65. The lowest BCUT2D eigenvalue weighted by molar-refractivity contribution is -0.138. The molecule has 1 fully saturated rings. The zero-order chi connectivity index (χ0) is 33.1. The first kappa shape index (κ1) is 37.6. The molecule has 0 radical (unpaired) electrons. The summed E-state index contributed by atoms with van der Waals surface area (Å²) in [5.74, 6) is -3.34. The van der Waals surface area contributed by atoms with E-state index in [-0.39, 0.29) is 30.6 Å². The van der Waals surface area contributed by atoms with E-state index in [1.165, 1.54) is 18.7 Å². The maximum absolute atomic E-state index is 14.2. The number of nitrogens with one attached hydrogen (secondary N) is 2. The molecule has 1 aromatic rings. The molecule has 2 N–H and O–H groups in total. The molecule has 0 aliphatic carbocycles. The maximum atomic E-state index is 14.2. The average Bonchev–Trinajstić information content (AvgIpc) is 2.95. The van der Waals surface area contributed by atoms with Crippen molar-refractivity contribution in [3.8, 4) is 18.6 Å². The number of carbonyl (C=O) groups is 3. The van der Waals surface area contributed by atoms with Crippen molar-refractivity contribution in [1.82, 2.24) is 15.5 Å². The number of terminal acetylenes is 1. The van der Waals surface area contributed by atoms with Gasteiger partial charge in [-0.25, -0.2) is 0 Å². The van der Waals surface area contributed by atoms with Gasteiger partial charge in [0, 0.05) is 45.4 Å². The molecule has 0 spiro atoms. The van der Waals surface area contributed by atoms with Crippen molar-refractivity contribution in [3.05, 3.63) is 23.3 Å². The minimum absolute atomic E-state index is 0.113. The van der Waals surface area contributed by atoms with Crippen LogP contribution in [0.25, 0.3) is 0 Å². The van der Waals surface area contributed by atoms with Crippen LogP contribution < -0.4 is 20.3 Å². The van der Waals surface area contributed by atoms with Crippen LogP contribution in [-0.2, 0) is 20.5 Å². The summed E-state index contributed by atoms with van der Waals surface area (Å²) in [6.07, 6.45) is 1.21. The number of piperidine rings is 1. The number of hydrogen-bond donors (Lipinski definition) is 2. The Hall–Kier alpha value is -3.44. The summed E-state index contributed by atoms with van der Waals surface area (Å²) in [5.41, 5.74) is -3.55. The number of benzene rings is 1. The van der Waals surface area contributed by atoms with E-state index >= 15 is 0 Å². The third-order valence-electron chi connectivity index (χ3n) is 6.63. The second-order valence-corrected chi connectivity index (χ2v) is 10.4. The van der Waals surface area contributed by atoms with E-state index in [9.17, 15) is 36.3 Å². The molecule has 0 unspecified atom stereocenters. The van der Waals surface area contributed by atoms with Crippen LogP contribution in [0.3, 0.4) is 0 Å². The van der Waals surface area contributed by atoms with Gasteiger partial charge in [0.05, 0.1) is 16.8 Å². The van der Waals surface area contributed by atoms with Crippen molar-refractivity contribution in [3.63, 3.8) is 0 Å². The Morgan fingerprint density at radius 2 is 1.86 bits per heavy atom. The van der Waals surface area contributed by atoms with Crippen molar-refractivity contribution in [2.45, 2.75) is 77.7 Å². The molecular weight excluding hydrogens is 579 g/mol. The van der Waals surface area contributed by atoms with Crippen molar-refractivity contribution in [2.24, 2.45) is 0 Å². The summed E-state index contributed by atoms with van der Waals surface area (Å²) in [6.45, 7) is 9.38. The maximum Gasteiger partial charge on any atom is 0.417 e. The summed E-state index contributed by atoms with van der Waals surface area (Å²) in [6, 6.07) is 0.927. The van der Waals surface area contributed by atoms with Gasteiger partial charge in [-0.15, -0.1) is 12.8 Å². The van der Waals surface area contributed by atoms with Gasteiger partial charge < -0.3 is 29.9 Å². The number of rotatable bonds is 8. The van der Waals surface area contributed by atoms with Crippen LogP contribution in [0, 0.1) is 12.8 Å². The molecular formula is C29H41F5N4O5. The normalized spacial score (nSPS) is 17.5. The van der Waals surface area contributed by atoms with Gasteiger partial charge in [-0.3, -0.25) is 14.4 Å². The summed E-state index contributed by atoms with van der Waals surface area (Å²) < 4.78 is 77.8. The molecule has 0 bridgehead atoms. The highest BCUT2D eigenvalue weighted by atomic mass is 19.4. The number of anilines is 1. The average molecular weight is 621 g/mol. The molecule has 43 heavy (non-hydrogen) atoms. The lowest BCUT2D eigenvalue weighted by Gasteiger charge is -2.40. The molecule has 2 aliphatic rings. The van der Waals surface area contributed by atoms with E-state index in [4.69, 9.17) is 4.74 Å². The topological polar surface area (TPSA) is 100 Å². The van der Waals surface area contributed by atoms with Crippen molar-refractivity contribution in [1.29, 1.82) is 0 Å². The Morgan fingerprint density at radius 3 is 2.33 bits per heavy atom. The van der Waals surface area contributed by atoms with E-state index < -0.39 is 53.1 Å². The standard InChI is InChI=1S/C24H31F5N4O4.C3H8O.C2H2/c1-13(2)33(14-6-5-7-30-12-14)21(35)15-10-17-18(11-16(15)24(27,28)29)37-23(3,4)22(36)32(17)9-8-31-20(34)19(25)26;1-3-4-2;1-2/h10-11,13-14,19,30H,5-9,12H2,1-4H3,(H,31,34);3H2,1-2H3;1-2H/t14-;;/m1../s1. The Balaban J connectivity index is 0.00000142. The highest BCUT2D eigenvalue weighted by molar-refractivity contribution is 6.05. The van der Waals surface area contributed by atoms with Gasteiger partial charge in [0.1, 0.15) is 5.75 Å². The van der Waals surface area contributed by atoms with Crippen molar-refractivity contribution in [2.75, 3.05) is 44.8 Å². The first-order valence-corrected chi connectivity index (χ1v) is 13.7. The number of ether oxygens (including phenoxy) is 2. The Bertz CT molecular complexity index is 1120. The number of halogens is 5. The summed E-state index contributed by atoms with van der Waals surface area (Å²) in [7, 11) is 1.68. The number of methoxy groups -OCH3 is 1. The molecule has 0 aromatic heterocycles. The largest absolute Gasteiger partial charge is 0.476 e. The van der Waals surface area contributed by atoms with Gasteiger partial charge in [-0.2, -0.15) is 22.0 Å². The number of alkyl halides is 5. The predicted octanol–water partition coefficient (Wildman–Crippen LogP) is 4.10. The summed E-state index contributed by atoms with van der Waals surface area (Å²) >= 11 is 0. The quantitative estimate of drug-likeness (QED) is 0.336. The van der Waals surface area contributed by atoms with E-state index in [0.717, 1.165) is 30.5 Å². The van der Waals surface area contributed by atoms with Gasteiger partial charge in [-0.1, -0.05) is 0 Å². The van der Waals surface area contributed by atoms with E-state index in [0.29, 0.717) is 19.0 Å².